The number of benzene rings is 1. The number of ether oxygens (including phenoxy) is 1. The van der Waals surface area contributed by atoms with Gasteiger partial charge in [-0.3, -0.25) is 9.48 Å². The van der Waals surface area contributed by atoms with Crippen LogP contribution in [0.15, 0.2) is 24.5 Å². The zero-order valence-corrected chi connectivity index (χ0v) is 19.2. The summed E-state index contributed by atoms with van der Waals surface area (Å²) < 4.78 is 62.6. The minimum atomic E-state index is -4.80. The Morgan fingerprint density at radius 1 is 1.29 bits per heavy atom. The van der Waals surface area contributed by atoms with E-state index >= 15 is 0 Å². The zero-order chi connectivity index (χ0) is 25.5. The molecule has 9 nitrogen and oxygen atoms in total. The summed E-state index contributed by atoms with van der Waals surface area (Å²) in [7, 11) is 2.75. The van der Waals surface area contributed by atoms with Crippen LogP contribution in [0.4, 0.5) is 28.0 Å². The fourth-order valence-corrected chi connectivity index (χ4v) is 4.31. The van der Waals surface area contributed by atoms with Gasteiger partial charge in [0.25, 0.3) is 5.91 Å². The van der Waals surface area contributed by atoms with Crippen LogP contribution in [-0.2, 0) is 38.0 Å². The fraction of sp³-hybridized carbons (Fsp3) is 0.333. The Balaban J connectivity index is 1.59. The lowest BCUT2D eigenvalue weighted by molar-refractivity contribution is -0.143. The van der Waals surface area contributed by atoms with Crippen LogP contribution in [0.5, 0.6) is 0 Å². The van der Waals surface area contributed by atoms with Crippen molar-refractivity contribution in [1.82, 2.24) is 24.6 Å². The number of carbonyl (C=O) groups excluding carboxylic acids is 2. The fourth-order valence-electron chi connectivity index (χ4n) is 4.13. The summed E-state index contributed by atoms with van der Waals surface area (Å²) in [5.74, 6) is -1.31. The highest BCUT2D eigenvalue weighted by Crippen LogP contribution is 2.44. The standard InChI is InChI=1S/C21H19ClF4N6O3/c1-31-9-27-15(30-31)8-35-20(34)29-14-6-4-11-16(14)18(21(24,25)26)32(2)17(11)19(33)28-10-3-5-13(23)12(22)7-10/h3,5,7,9,14H,4,6,8H2,1-2H3,(H,28,33)(H,29,34). The SMILES string of the molecule is Cn1cnc(COC(=O)NC2CCc3c2c(C(F)(F)F)n(C)c3C(=O)Nc2ccc(F)c(Cl)c2)n1. The van der Waals surface area contributed by atoms with Gasteiger partial charge in [0.15, 0.2) is 12.4 Å². The van der Waals surface area contributed by atoms with E-state index in [2.05, 4.69) is 20.7 Å². The topological polar surface area (TPSA) is 103 Å². The molecule has 0 radical (unpaired) electrons. The third-order valence-electron chi connectivity index (χ3n) is 5.50. The third-order valence-corrected chi connectivity index (χ3v) is 5.79. The van der Waals surface area contributed by atoms with Crippen molar-refractivity contribution in [2.75, 3.05) is 5.32 Å². The molecule has 4 rings (SSSR count). The number of aryl methyl sites for hydroxylation is 1. The molecule has 2 heterocycles. The number of hydrogen-bond donors (Lipinski definition) is 2. The Morgan fingerprint density at radius 3 is 2.66 bits per heavy atom. The van der Waals surface area contributed by atoms with E-state index in [1.165, 1.54) is 17.1 Å². The number of nitrogens with zero attached hydrogens (tertiary/aromatic N) is 4. The quantitative estimate of drug-likeness (QED) is 0.498. The molecular formula is C21H19ClF4N6O3. The van der Waals surface area contributed by atoms with Gasteiger partial charge in [-0.25, -0.2) is 14.2 Å². The van der Waals surface area contributed by atoms with E-state index in [4.69, 9.17) is 16.3 Å². The number of rotatable bonds is 5. The van der Waals surface area contributed by atoms with E-state index in [-0.39, 0.29) is 52.8 Å². The number of hydrogen-bond acceptors (Lipinski definition) is 5. The molecular weight excluding hydrogens is 496 g/mol. The molecule has 2 amide bonds. The first-order valence-electron chi connectivity index (χ1n) is 10.3. The first-order valence-corrected chi connectivity index (χ1v) is 10.7. The maximum Gasteiger partial charge on any atom is 0.431 e. The lowest BCUT2D eigenvalue weighted by Crippen LogP contribution is -2.29. The van der Waals surface area contributed by atoms with Gasteiger partial charge in [-0.2, -0.15) is 18.3 Å². The number of fused-ring (bicyclic) bond motifs is 1. The maximum atomic E-state index is 14.0. The second-order valence-electron chi connectivity index (χ2n) is 7.88. The molecule has 3 aromatic rings. The second-order valence-corrected chi connectivity index (χ2v) is 8.28. The van der Waals surface area contributed by atoms with Crippen molar-refractivity contribution in [2.24, 2.45) is 14.1 Å². The van der Waals surface area contributed by atoms with E-state index in [1.807, 2.05) is 0 Å². The Kier molecular flexibility index (Phi) is 6.45. The first-order chi connectivity index (χ1) is 16.5. The van der Waals surface area contributed by atoms with Gasteiger partial charge in [-0.15, -0.1) is 0 Å². The van der Waals surface area contributed by atoms with Crippen LogP contribution in [0, 0.1) is 5.82 Å². The van der Waals surface area contributed by atoms with Gasteiger partial charge in [-0.05, 0) is 36.6 Å². The molecule has 0 saturated carbocycles. The van der Waals surface area contributed by atoms with E-state index in [0.717, 1.165) is 23.7 Å². The van der Waals surface area contributed by atoms with Crippen LogP contribution >= 0.6 is 11.6 Å². The van der Waals surface area contributed by atoms with E-state index < -0.39 is 35.7 Å². The van der Waals surface area contributed by atoms with Crippen molar-refractivity contribution < 1.29 is 31.9 Å². The van der Waals surface area contributed by atoms with Crippen molar-refractivity contribution in [3.05, 3.63) is 63.7 Å². The van der Waals surface area contributed by atoms with Crippen molar-refractivity contribution in [3.63, 3.8) is 0 Å². The molecule has 0 bridgehead atoms. The smallest absolute Gasteiger partial charge is 0.431 e. The Labute approximate surface area is 201 Å². The van der Waals surface area contributed by atoms with Gasteiger partial charge in [0, 0.05) is 25.3 Å². The Morgan fingerprint density at radius 2 is 2.03 bits per heavy atom. The highest BCUT2D eigenvalue weighted by Gasteiger charge is 2.45. The summed E-state index contributed by atoms with van der Waals surface area (Å²) in [5, 5.41) is 8.59. The molecule has 0 spiro atoms. The summed E-state index contributed by atoms with van der Waals surface area (Å²) >= 11 is 5.72. The Bertz CT molecular complexity index is 1300. The molecule has 2 N–H and O–H groups in total. The average Bonchev–Trinajstić information content (AvgIpc) is 3.43. The predicted octanol–water partition coefficient (Wildman–Crippen LogP) is 4.13. The third kappa shape index (κ3) is 4.94. The summed E-state index contributed by atoms with van der Waals surface area (Å²) in [6.07, 6.45) is -4.10. The summed E-state index contributed by atoms with van der Waals surface area (Å²) in [6.45, 7) is -0.263. The lowest BCUT2D eigenvalue weighted by atomic mass is 10.1. The first kappa shape index (κ1) is 24.5. The van der Waals surface area contributed by atoms with Gasteiger partial charge >= 0.3 is 12.3 Å². The van der Waals surface area contributed by atoms with E-state index in [9.17, 15) is 27.2 Å². The molecule has 0 aliphatic heterocycles. The molecule has 1 aromatic carbocycles. The van der Waals surface area contributed by atoms with Crippen LogP contribution in [0.2, 0.25) is 5.02 Å². The zero-order valence-electron chi connectivity index (χ0n) is 18.4. The molecule has 1 unspecified atom stereocenters. The van der Waals surface area contributed by atoms with Gasteiger partial charge in [0.05, 0.1) is 11.1 Å². The molecule has 14 heteroatoms. The molecule has 1 atom stereocenters. The van der Waals surface area contributed by atoms with Crippen molar-refractivity contribution >= 4 is 29.3 Å². The molecule has 35 heavy (non-hydrogen) atoms. The van der Waals surface area contributed by atoms with Crippen molar-refractivity contribution in [2.45, 2.75) is 31.7 Å². The minimum Gasteiger partial charge on any atom is -0.441 e. The summed E-state index contributed by atoms with van der Waals surface area (Å²) in [6, 6.07) is 2.39. The second kappa shape index (κ2) is 9.21. The van der Waals surface area contributed by atoms with Gasteiger partial charge in [0.1, 0.15) is 23.5 Å². The molecule has 0 fully saturated rings. The average molecular weight is 515 g/mol. The molecule has 1 aliphatic rings. The van der Waals surface area contributed by atoms with Crippen LogP contribution in [0.3, 0.4) is 0 Å². The maximum absolute atomic E-state index is 14.0. The van der Waals surface area contributed by atoms with Gasteiger partial charge in [-0.1, -0.05) is 11.6 Å². The molecule has 186 valence electrons. The van der Waals surface area contributed by atoms with Crippen LogP contribution in [-0.4, -0.2) is 31.3 Å². The largest absolute Gasteiger partial charge is 0.441 e. The lowest BCUT2D eigenvalue weighted by Gasteiger charge is -2.18. The Hall–Kier alpha value is -3.61. The van der Waals surface area contributed by atoms with Gasteiger partial charge < -0.3 is 19.9 Å². The van der Waals surface area contributed by atoms with Crippen LogP contribution in [0.1, 0.15) is 45.6 Å². The molecule has 2 aromatic heterocycles. The number of anilines is 1. The number of nitrogens with one attached hydrogen (secondary N) is 2. The highest BCUT2D eigenvalue weighted by atomic mass is 35.5. The minimum absolute atomic E-state index is 0.110. The number of alkyl halides is 3. The summed E-state index contributed by atoms with van der Waals surface area (Å²) in [4.78, 5) is 29.1. The van der Waals surface area contributed by atoms with E-state index in [0.29, 0.717) is 0 Å². The van der Waals surface area contributed by atoms with Crippen molar-refractivity contribution in [3.8, 4) is 0 Å². The number of aromatic nitrogens is 4. The number of halogens is 5. The normalized spacial score (nSPS) is 15.1. The number of carbonyl (C=O) groups is 2. The highest BCUT2D eigenvalue weighted by molar-refractivity contribution is 6.31. The van der Waals surface area contributed by atoms with Crippen LogP contribution < -0.4 is 10.6 Å². The van der Waals surface area contributed by atoms with Crippen LogP contribution in [0.25, 0.3) is 0 Å². The summed E-state index contributed by atoms with van der Waals surface area (Å²) in [5.41, 5.74) is -1.20. The van der Waals surface area contributed by atoms with Gasteiger partial charge in [0.2, 0.25) is 0 Å². The number of alkyl carbamates (subject to hydrolysis) is 1. The van der Waals surface area contributed by atoms with Crippen molar-refractivity contribution in [1.29, 1.82) is 0 Å². The molecule has 1 aliphatic carbocycles. The predicted molar refractivity (Wildman–Crippen MR) is 115 cm³/mol. The molecule has 0 saturated heterocycles. The monoisotopic (exact) mass is 514 g/mol. The number of amides is 2. The van der Waals surface area contributed by atoms with E-state index in [1.54, 1.807) is 7.05 Å².